The molecule has 0 saturated heterocycles. The predicted molar refractivity (Wildman–Crippen MR) is 159 cm³/mol. The summed E-state index contributed by atoms with van der Waals surface area (Å²) in [7, 11) is 0. The summed E-state index contributed by atoms with van der Waals surface area (Å²) in [5.41, 5.74) is -0.222. The molecule has 222 valence electrons. The molecule has 0 fully saturated rings. The second-order valence-corrected chi connectivity index (χ2v) is 10.8. The molecule has 0 aliphatic rings. The van der Waals surface area contributed by atoms with Crippen molar-refractivity contribution in [1.29, 1.82) is 0 Å². The van der Waals surface area contributed by atoms with E-state index >= 15 is 0 Å². The van der Waals surface area contributed by atoms with Crippen LogP contribution in [0.15, 0.2) is 64.2 Å². The lowest BCUT2D eigenvalue weighted by Crippen LogP contribution is -2.42. The smallest absolute Gasteiger partial charge is 0.347 e. The normalized spacial score (nSPS) is 11.4. The lowest BCUT2D eigenvalue weighted by Gasteiger charge is -2.21. The summed E-state index contributed by atoms with van der Waals surface area (Å²) in [5, 5.41) is 13.6. The molecule has 2 aromatic carbocycles. The number of hydrogen-bond donors (Lipinski definition) is 1. The minimum Gasteiger partial charge on any atom is -0.478 e. The SMILES string of the molecule is CCCCCCCn1c(=O)c(OCCCCCc2cccc(OC(C)(C)C(=O)O)c2)nn(Cc2ccccc2)c1=O. The highest BCUT2D eigenvalue weighted by Gasteiger charge is 2.29. The Morgan fingerprint density at radius 3 is 2.34 bits per heavy atom. The number of benzene rings is 2. The van der Waals surface area contributed by atoms with Gasteiger partial charge in [-0.2, -0.15) is 0 Å². The third-order valence-corrected chi connectivity index (χ3v) is 6.89. The summed E-state index contributed by atoms with van der Waals surface area (Å²) in [5.74, 6) is -0.539. The molecule has 0 unspecified atom stereocenters. The van der Waals surface area contributed by atoms with Crippen LogP contribution in [-0.4, -0.2) is 37.6 Å². The molecule has 0 amide bonds. The fourth-order valence-corrected chi connectivity index (χ4v) is 4.44. The summed E-state index contributed by atoms with van der Waals surface area (Å²) in [6, 6.07) is 17.0. The van der Waals surface area contributed by atoms with Crippen molar-refractivity contribution in [2.24, 2.45) is 0 Å². The van der Waals surface area contributed by atoms with Crippen molar-refractivity contribution in [3.63, 3.8) is 0 Å². The average molecular weight is 566 g/mol. The van der Waals surface area contributed by atoms with Gasteiger partial charge in [-0.3, -0.25) is 9.36 Å². The molecule has 1 N–H and O–H groups in total. The van der Waals surface area contributed by atoms with Gasteiger partial charge in [0.15, 0.2) is 5.60 Å². The Morgan fingerprint density at radius 1 is 0.902 bits per heavy atom. The molecule has 9 nitrogen and oxygen atoms in total. The second-order valence-electron chi connectivity index (χ2n) is 10.8. The van der Waals surface area contributed by atoms with Gasteiger partial charge < -0.3 is 14.6 Å². The number of carboxylic acids is 1. The number of aromatic nitrogens is 3. The van der Waals surface area contributed by atoms with E-state index in [1.165, 1.54) is 23.1 Å². The molecule has 0 aliphatic carbocycles. The van der Waals surface area contributed by atoms with Gasteiger partial charge in [-0.15, -0.1) is 5.10 Å². The van der Waals surface area contributed by atoms with Crippen molar-refractivity contribution >= 4 is 5.97 Å². The largest absolute Gasteiger partial charge is 0.478 e. The fraction of sp³-hybridized carbons (Fsp3) is 0.500. The van der Waals surface area contributed by atoms with E-state index in [1.54, 1.807) is 6.07 Å². The predicted octanol–water partition coefficient (Wildman–Crippen LogP) is 5.46. The third-order valence-electron chi connectivity index (χ3n) is 6.89. The topological polar surface area (TPSA) is 113 Å². The van der Waals surface area contributed by atoms with Gasteiger partial charge >= 0.3 is 17.2 Å². The van der Waals surface area contributed by atoms with Crippen LogP contribution in [0.1, 0.15) is 83.3 Å². The van der Waals surface area contributed by atoms with Crippen LogP contribution in [0.5, 0.6) is 11.6 Å². The number of hydrogen-bond acceptors (Lipinski definition) is 6. The molecular formula is C32H43N3O6. The van der Waals surface area contributed by atoms with Crippen LogP contribution in [0.2, 0.25) is 0 Å². The van der Waals surface area contributed by atoms with E-state index in [-0.39, 0.29) is 12.4 Å². The minimum absolute atomic E-state index is 0.0417. The number of rotatable bonds is 18. The van der Waals surface area contributed by atoms with Crippen molar-refractivity contribution in [2.45, 2.75) is 97.2 Å². The highest BCUT2D eigenvalue weighted by atomic mass is 16.5. The zero-order chi connectivity index (χ0) is 29.7. The van der Waals surface area contributed by atoms with Crippen LogP contribution in [-0.2, 0) is 24.3 Å². The van der Waals surface area contributed by atoms with E-state index < -0.39 is 22.8 Å². The maximum atomic E-state index is 13.1. The molecule has 0 saturated carbocycles. The summed E-state index contributed by atoms with van der Waals surface area (Å²) in [4.78, 5) is 37.6. The molecule has 9 heteroatoms. The van der Waals surface area contributed by atoms with Gasteiger partial charge in [-0.1, -0.05) is 75.1 Å². The zero-order valence-electron chi connectivity index (χ0n) is 24.5. The van der Waals surface area contributed by atoms with Crippen LogP contribution in [0, 0.1) is 0 Å². The van der Waals surface area contributed by atoms with Gasteiger partial charge in [-0.05, 0) is 69.2 Å². The molecule has 0 spiro atoms. The summed E-state index contributed by atoms with van der Waals surface area (Å²) in [6.45, 7) is 6.12. The first-order chi connectivity index (χ1) is 19.7. The molecule has 3 rings (SSSR count). The van der Waals surface area contributed by atoms with Crippen molar-refractivity contribution in [1.82, 2.24) is 14.3 Å². The number of carboxylic acid groups (broad SMARTS) is 1. The minimum atomic E-state index is -1.30. The summed E-state index contributed by atoms with van der Waals surface area (Å²) >= 11 is 0. The Morgan fingerprint density at radius 2 is 1.61 bits per heavy atom. The van der Waals surface area contributed by atoms with Crippen molar-refractivity contribution in [3.8, 4) is 11.6 Å². The van der Waals surface area contributed by atoms with E-state index in [0.717, 1.165) is 68.9 Å². The van der Waals surface area contributed by atoms with Gasteiger partial charge in [-0.25, -0.2) is 14.3 Å². The lowest BCUT2D eigenvalue weighted by molar-refractivity contribution is -0.152. The number of aliphatic carboxylic acids is 1. The maximum absolute atomic E-state index is 13.1. The van der Waals surface area contributed by atoms with Crippen LogP contribution in [0.25, 0.3) is 0 Å². The Balaban J connectivity index is 1.58. The van der Waals surface area contributed by atoms with Crippen LogP contribution in [0.4, 0.5) is 0 Å². The molecule has 0 atom stereocenters. The van der Waals surface area contributed by atoms with E-state index in [2.05, 4.69) is 12.0 Å². The maximum Gasteiger partial charge on any atom is 0.347 e. The van der Waals surface area contributed by atoms with Gasteiger partial charge in [0.05, 0.1) is 13.2 Å². The monoisotopic (exact) mass is 565 g/mol. The molecule has 0 aliphatic heterocycles. The quantitative estimate of drug-likeness (QED) is 0.204. The summed E-state index contributed by atoms with van der Waals surface area (Å²) in [6.07, 6.45) is 8.33. The Kier molecular flexibility index (Phi) is 12.2. The molecule has 0 radical (unpaired) electrons. The standard InChI is InChI=1S/C32H43N3O6/c1-4-5-6-7-13-21-34-29(36)28(33-35(31(34)39)24-26-17-10-8-11-18-26)40-22-14-9-12-16-25-19-15-20-27(23-25)41-32(2,3)30(37)38/h8,10-11,15,17-20,23H,4-7,9,12-14,16,21-22,24H2,1-3H3,(H,37,38). The molecule has 3 aromatic rings. The Labute approximate surface area is 241 Å². The fourth-order valence-electron chi connectivity index (χ4n) is 4.44. The zero-order valence-corrected chi connectivity index (χ0v) is 24.5. The first kappa shape index (κ1) is 31.6. The highest BCUT2D eigenvalue weighted by molar-refractivity contribution is 5.76. The summed E-state index contributed by atoms with van der Waals surface area (Å²) < 4.78 is 14.0. The molecule has 41 heavy (non-hydrogen) atoms. The third kappa shape index (κ3) is 9.92. The highest BCUT2D eigenvalue weighted by Crippen LogP contribution is 2.21. The number of carbonyl (C=O) groups is 1. The van der Waals surface area contributed by atoms with Gasteiger partial charge in [0, 0.05) is 6.54 Å². The molecule has 0 bridgehead atoms. The Hall–Kier alpha value is -3.88. The van der Waals surface area contributed by atoms with Crippen LogP contribution < -0.4 is 20.7 Å². The average Bonchev–Trinajstić information content (AvgIpc) is 2.94. The molecule has 1 aromatic heterocycles. The molecular weight excluding hydrogens is 522 g/mol. The van der Waals surface area contributed by atoms with Gasteiger partial charge in [0.2, 0.25) is 0 Å². The lowest BCUT2D eigenvalue weighted by atomic mass is 10.1. The van der Waals surface area contributed by atoms with Crippen molar-refractivity contribution in [2.75, 3.05) is 6.61 Å². The first-order valence-corrected chi connectivity index (χ1v) is 14.6. The first-order valence-electron chi connectivity index (χ1n) is 14.6. The number of nitrogens with zero attached hydrogens (tertiary/aromatic N) is 3. The van der Waals surface area contributed by atoms with E-state index in [4.69, 9.17) is 9.47 Å². The van der Waals surface area contributed by atoms with Crippen molar-refractivity contribution in [3.05, 3.63) is 86.6 Å². The van der Waals surface area contributed by atoms with Gasteiger partial charge in [0.25, 0.3) is 5.88 Å². The number of unbranched alkanes of at least 4 members (excludes halogenated alkanes) is 6. The number of aryl methyl sites for hydroxylation is 1. The van der Waals surface area contributed by atoms with E-state index in [1.807, 2.05) is 48.5 Å². The Bertz CT molecular complexity index is 1360. The van der Waals surface area contributed by atoms with Crippen LogP contribution >= 0.6 is 0 Å². The molecule has 1 heterocycles. The van der Waals surface area contributed by atoms with E-state index in [9.17, 15) is 19.5 Å². The van der Waals surface area contributed by atoms with E-state index in [0.29, 0.717) is 18.9 Å². The van der Waals surface area contributed by atoms with Crippen molar-refractivity contribution < 1.29 is 19.4 Å². The number of ether oxygens (including phenoxy) is 2. The van der Waals surface area contributed by atoms with Gasteiger partial charge in [0.1, 0.15) is 5.75 Å². The second kappa shape index (κ2) is 15.8. The van der Waals surface area contributed by atoms with Crippen LogP contribution in [0.3, 0.4) is 0 Å².